The maximum Gasteiger partial charge on any atom is 0.323 e. The fourth-order valence-electron chi connectivity index (χ4n) is 3.55. The molecule has 0 aliphatic carbocycles. The number of quaternary nitrogens is 1. The van der Waals surface area contributed by atoms with E-state index in [2.05, 4.69) is 16.0 Å². The monoisotopic (exact) mass is 483 g/mol. The Morgan fingerprint density at radius 3 is 2.26 bits per heavy atom. The summed E-state index contributed by atoms with van der Waals surface area (Å²) in [5, 5.41) is 9.33. The number of halogens is 3. The van der Waals surface area contributed by atoms with Gasteiger partial charge in [-0.3, -0.25) is 4.79 Å². The third-order valence-corrected chi connectivity index (χ3v) is 6.30. The molecule has 0 saturated carbocycles. The SMILES string of the molecule is O=C(Nc1ccc(Cl)c(Cl)c1)Nc1cc(C(=O)NCC[NH+]2CCCCCC2)ccc1Cl. The van der Waals surface area contributed by atoms with E-state index >= 15 is 0 Å². The van der Waals surface area contributed by atoms with Crippen molar-refractivity contribution in [3.8, 4) is 0 Å². The molecule has 0 atom stereocenters. The molecule has 1 aliphatic rings. The van der Waals surface area contributed by atoms with Gasteiger partial charge >= 0.3 is 6.03 Å². The lowest BCUT2D eigenvalue weighted by Gasteiger charge is -2.17. The van der Waals surface area contributed by atoms with Crippen LogP contribution < -0.4 is 20.9 Å². The minimum absolute atomic E-state index is 0.196. The maximum atomic E-state index is 12.5. The Morgan fingerprint density at radius 1 is 0.839 bits per heavy atom. The van der Waals surface area contributed by atoms with Crippen LogP contribution in [-0.4, -0.2) is 38.1 Å². The smallest absolute Gasteiger partial charge is 0.323 e. The highest BCUT2D eigenvalue weighted by atomic mass is 35.5. The molecule has 0 spiro atoms. The molecule has 1 aliphatic heterocycles. The van der Waals surface area contributed by atoms with E-state index in [0.717, 1.165) is 6.54 Å². The molecule has 9 heteroatoms. The van der Waals surface area contributed by atoms with Crippen LogP contribution in [0.4, 0.5) is 16.2 Å². The molecule has 3 rings (SSSR count). The van der Waals surface area contributed by atoms with Crippen LogP contribution in [0, 0.1) is 0 Å². The summed E-state index contributed by atoms with van der Waals surface area (Å²) >= 11 is 18.1. The molecule has 6 nitrogen and oxygen atoms in total. The van der Waals surface area contributed by atoms with Crippen LogP contribution in [0.5, 0.6) is 0 Å². The standard InChI is InChI=1S/C22H25Cl3N4O2/c23-17-8-6-16(14-19(17)25)27-22(31)28-20-13-15(5-7-18(20)24)21(30)26-9-12-29-10-3-1-2-4-11-29/h5-8,13-14H,1-4,9-12H2,(H,26,30)(H2,27,28,31)/p+1. The van der Waals surface area contributed by atoms with Gasteiger partial charge in [0.1, 0.15) is 0 Å². The van der Waals surface area contributed by atoms with Gasteiger partial charge in [0.05, 0.1) is 46.9 Å². The number of amides is 3. The number of hydrogen-bond donors (Lipinski definition) is 4. The number of anilines is 2. The summed E-state index contributed by atoms with van der Waals surface area (Å²) < 4.78 is 0. The summed E-state index contributed by atoms with van der Waals surface area (Å²) in [7, 11) is 0. The van der Waals surface area contributed by atoms with Crippen molar-refractivity contribution in [2.45, 2.75) is 25.7 Å². The second-order valence-electron chi connectivity index (χ2n) is 7.57. The van der Waals surface area contributed by atoms with Crippen molar-refractivity contribution in [3.63, 3.8) is 0 Å². The fourth-order valence-corrected chi connectivity index (χ4v) is 4.02. The number of carbonyl (C=O) groups is 2. The normalized spacial score (nSPS) is 14.5. The van der Waals surface area contributed by atoms with Crippen molar-refractivity contribution in [1.82, 2.24) is 5.32 Å². The molecule has 4 N–H and O–H groups in total. The quantitative estimate of drug-likeness (QED) is 0.488. The van der Waals surface area contributed by atoms with Gasteiger partial charge in [0.25, 0.3) is 5.91 Å². The second kappa shape index (κ2) is 11.6. The van der Waals surface area contributed by atoms with E-state index in [9.17, 15) is 9.59 Å². The lowest BCUT2D eigenvalue weighted by atomic mass is 10.2. The van der Waals surface area contributed by atoms with Crippen molar-refractivity contribution in [2.24, 2.45) is 0 Å². The molecule has 2 aromatic carbocycles. The Kier molecular flexibility index (Phi) is 8.84. The largest absolute Gasteiger partial charge is 0.346 e. The molecule has 0 unspecified atom stereocenters. The Bertz CT molecular complexity index is 931. The third kappa shape index (κ3) is 7.28. The molecule has 1 saturated heterocycles. The Morgan fingerprint density at radius 2 is 1.55 bits per heavy atom. The van der Waals surface area contributed by atoms with Crippen LogP contribution in [0.15, 0.2) is 36.4 Å². The number of likely N-dealkylation sites (tertiary alicyclic amines) is 1. The lowest BCUT2D eigenvalue weighted by molar-refractivity contribution is -0.898. The zero-order chi connectivity index (χ0) is 22.2. The van der Waals surface area contributed by atoms with Crippen molar-refractivity contribution >= 4 is 58.1 Å². The highest BCUT2D eigenvalue weighted by Crippen LogP contribution is 2.26. The van der Waals surface area contributed by atoms with Crippen LogP contribution in [0.2, 0.25) is 15.1 Å². The Balaban J connectivity index is 1.55. The summed E-state index contributed by atoms with van der Waals surface area (Å²) in [4.78, 5) is 26.4. The van der Waals surface area contributed by atoms with Gasteiger partial charge < -0.3 is 20.9 Å². The Hall–Kier alpha value is -1.99. The average Bonchev–Trinajstić information content (AvgIpc) is 3.01. The highest BCUT2D eigenvalue weighted by molar-refractivity contribution is 6.42. The van der Waals surface area contributed by atoms with Gasteiger partial charge in [-0.25, -0.2) is 4.79 Å². The van der Waals surface area contributed by atoms with Crippen LogP contribution in [-0.2, 0) is 0 Å². The van der Waals surface area contributed by atoms with Gasteiger partial charge in [0, 0.05) is 11.3 Å². The Labute approximate surface area is 197 Å². The summed E-state index contributed by atoms with van der Waals surface area (Å²) in [5.74, 6) is -0.196. The van der Waals surface area contributed by atoms with Crippen LogP contribution in [0.3, 0.4) is 0 Å². The van der Waals surface area contributed by atoms with Gasteiger partial charge in [-0.05, 0) is 62.1 Å². The third-order valence-electron chi connectivity index (χ3n) is 5.23. The first-order valence-corrected chi connectivity index (χ1v) is 11.5. The topological polar surface area (TPSA) is 74.7 Å². The number of rotatable bonds is 6. The molecule has 0 aromatic heterocycles. The maximum absolute atomic E-state index is 12.5. The van der Waals surface area contributed by atoms with Gasteiger partial charge in [0.15, 0.2) is 0 Å². The molecule has 166 valence electrons. The zero-order valence-corrected chi connectivity index (χ0v) is 19.3. The molecule has 0 bridgehead atoms. The molecule has 1 heterocycles. The van der Waals surface area contributed by atoms with Gasteiger partial charge in [-0.2, -0.15) is 0 Å². The molecule has 31 heavy (non-hydrogen) atoms. The number of urea groups is 1. The summed E-state index contributed by atoms with van der Waals surface area (Å²) in [6.07, 6.45) is 5.10. The summed E-state index contributed by atoms with van der Waals surface area (Å²) in [6, 6.07) is 9.04. The number of hydrogen-bond acceptors (Lipinski definition) is 2. The predicted octanol–water partition coefficient (Wildman–Crippen LogP) is 4.48. The zero-order valence-electron chi connectivity index (χ0n) is 17.1. The lowest BCUT2D eigenvalue weighted by Crippen LogP contribution is -3.12. The van der Waals surface area contributed by atoms with E-state index in [1.165, 1.54) is 43.7 Å². The second-order valence-corrected chi connectivity index (χ2v) is 8.79. The number of carbonyl (C=O) groups excluding carboxylic acids is 2. The number of nitrogens with one attached hydrogen (secondary N) is 4. The minimum Gasteiger partial charge on any atom is -0.346 e. The molecule has 1 fully saturated rings. The first-order valence-electron chi connectivity index (χ1n) is 10.4. The van der Waals surface area contributed by atoms with Gasteiger partial charge in [0.2, 0.25) is 0 Å². The van der Waals surface area contributed by atoms with Crippen molar-refractivity contribution < 1.29 is 14.5 Å². The van der Waals surface area contributed by atoms with E-state index in [1.807, 2.05) is 0 Å². The van der Waals surface area contributed by atoms with E-state index in [4.69, 9.17) is 34.8 Å². The van der Waals surface area contributed by atoms with Crippen LogP contribution in [0.25, 0.3) is 0 Å². The fraction of sp³-hybridized carbons (Fsp3) is 0.364. The first kappa shape index (κ1) is 23.7. The van der Waals surface area contributed by atoms with Crippen LogP contribution >= 0.6 is 34.8 Å². The van der Waals surface area contributed by atoms with E-state index in [1.54, 1.807) is 36.4 Å². The highest BCUT2D eigenvalue weighted by Gasteiger charge is 2.14. The average molecular weight is 485 g/mol. The molecule has 3 amide bonds. The van der Waals surface area contributed by atoms with Crippen LogP contribution in [0.1, 0.15) is 36.0 Å². The van der Waals surface area contributed by atoms with E-state index in [-0.39, 0.29) is 5.91 Å². The van der Waals surface area contributed by atoms with Gasteiger partial charge in [-0.1, -0.05) is 34.8 Å². The molecular formula is C22H26Cl3N4O2+. The first-order chi connectivity index (χ1) is 14.9. The number of benzene rings is 2. The summed E-state index contributed by atoms with van der Waals surface area (Å²) in [5.41, 5.74) is 1.25. The molecule has 2 aromatic rings. The minimum atomic E-state index is -0.511. The molecule has 0 radical (unpaired) electrons. The summed E-state index contributed by atoms with van der Waals surface area (Å²) in [6.45, 7) is 3.85. The van der Waals surface area contributed by atoms with Crippen molar-refractivity contribution in [1.29, 1.82) is 0 Å². The van der Waals surface area contributed by atoms with Crippen molar-refractivity contribution in [3.05, 3.63) is 57.0 Å². The molecular weight excluding hydrogens is 459 g/mol. The predicted molar refractivity (Wildman–Crippen MR) is 127 cm³/mol. The van der Waals surface area contributed by atoms with E-state index < -0.39 is 6.03 Å². The van der Waals surface area contributed by atoms with Gasteiger partial charge in [-0.15, -0.1) is 0 Å². The van der Waals surface area contributed by atoms with E-state index in [0.29, 0.717) is 38.6 Å². The van der Waals surface area contributed by atoms with Crippen molar-refractivity contribution in [2.75, 3.05) is 36.8 Å².